The Hall–Kier alpha value is -1.91. The van der Waals surface area contributed by atoms with Crippen molar-refractivity contribution in [3.63, 3.8) is 0 Å². The molecule has 0 unspecified atom stereocenters. The van der Waals surface area contributed by atoms with Crippen molar-refractivity contribution < 1.29 is 4.79 Å². The molecule has 1 fully saturated rings. The SMILES string of the molecule is CC1=CC[C@@H]2CN(C(=O)Cc3c(C)nc(C)[nH]c3=O)C[C@@H]2C1. The Labute approximate surface area is 130 Å². The van der Waals surface area contributed by atoms with E-state index in [1.165, 1.54) is 5.57 Å². The summed E-state index contributed by atoms with van der Waals surface area (Å²) in [5, 5.41) is 0. The molecule has 1 saturated heterocycles. The molecule has 0 spiro atoms. The van der Waals surface area contributed by atoms with Gasteiger partial charge in [0.2, 0.25) is 5.91 Å². The van der Waals surface area contributed by atoms with Gasteiger partial charge in [-0.3, -0.25) is 9.59 Å². The first-order valence-electron chi connectivity index (χ1n) is 7.94. The maximum Gasteiger partial charge on any atom is 0.254 e. The van der Waals surface area contributed by atoms with Crippen LogP contribution in [0.4, 0.5) is 0 Å². The first-order valence-corrected chi connectivity index (χ1v) is 7.94. The van der Waals surface area contributed by atoms with Crippen LogP contribution >= 0.6 is 0 Å². The van der Waals surface area contributed by atoms with Crippen LogP contribution in [0.1, 0.15) is 36.8 Å². The fourth-order valence-corrected chi connectivity index (χ4v) is 3.71. The zero-order chi connectivity index (χ0) is 15.9. The highest BCUT2D eigenvalue weighted by molar-refractivity contribution is 5.79. The Balaban J connectivity index is 1.71. The van der Waals surface area contributed by atoms with Crippen molar-refractivity contribution in [1.82, 2.24) is 14.9 Å². The van der Waals surface area contributed by atoms with E-state index in [9.17, 15) is 9.59 Å². The van der Waals surface area contributed by atoms with Crippen molar-refractivity contribution >= 4 is 5.91 Å². The van der Waals surface area contributed by atoms with Crippen LogP contribution in [0.15, 0.2) is 16.4 Å². The summed E-state index contributed by atoms with van der Waals surface area (Å²) >= 11 is 0. The topological polar surface area (TPSA) is 66.1 Å². The van der Waals surface area contributed by atoms with Gasteiger partial charge in [0.05, 0.1) is 6.42 Å². The number of hydrogen-bond acceptors (Lipinski definition) is 3. The maximum absolute atomic E-state index is 12.6. The monoisotopic (exact) mass is 301 g/mol. The van der Waals surface area contributed by atoms with E-state index >= 15 is 0 Å². The predicted octanol–water partition coefficient (Wildman–Crippen LogP) is 1.74. The van der Waals surface area contributed by atoms with Crippen LogP contribution in [0.3, 0.4) is 0 Å². The molecular weight excluding hydrogens is 278 g/mol. The number of nitrogens with one attached hydrogen (secondary N) is 1. The van der Waals surface area contributed by atoms with Gasteiger partial charge in [0.1, 0.15) is 5.82 Å². The first kappa shape index (κ1) is 15.0. The summed E-state index contributed by atoms with van der Waals surface area (Å²) in [5.41, 5.74) is 2.40. The van der Waals surface area contributed by atoms with Crippen LogP contribution in [-0.2, 0) is 11.2 Å². The number of amides is 1. The second-order valence-corrected chi connectivity index (χ2v) is 6.70. The zero-order valence-corrected chi connectivity index (χ0v) is 13.5. The lowest BCUT2D eigenvalue weighted by Gasteiger charge is -2.21. The number of aromatic nitrogens is 2. The normalized spacial score (nSPS) is 24.1. The number of fused-ring (bicyclic) bond motifs is 1. The summed E-state index contributed by atoms with van der Waals surface area (Å²) in [5.74, 6) is 1.81. The first-order chi connectivity index (χ1) is 10.4. The molecule has 2 aliphatic rings. The molecular formula is C17H23N3O2. The Kier molecular flexibility index (Phi) is 3.89. The van der Waals surface area contributed by atoms with E-state index in [0.717, 1.165) is 25.9 Å². The molecule has 118 valence electrons. The minimum atomic E-state index is -0.188. The second kappa shape index (κ2) is 5.71. The highest BCUT2D eigenvalue weighted by atomic mass is 16.2. The second-order valence-electron chi connectivity index (χ2n) is 6.70. The molecule has 1 amide bonds. The van der Waals surface area contributed by atoms with Gasteiger partial charge < -0.3 is 9.88 Å². The third-order valence-corrected chi connectivity index (χ3v) is 4.95. The van der Waals surface area contributed by atoms with Crippen LogP contribution in [-0.4, -0.2) is 33.9 Å². The molecule has 0 bridgehead atoms. The number of carbonyl (C=O) groups excluding carboxylic acids is 1. The maximum atomic E-state index is 12.6. The van der Waals surface area contributed by atoms with Gasteiger partial charge in [-0.15, -0.1) is 0 Å². The average molecular weight is 301 g/mol. The van der Waals surface area contributed by atoms with Gasteiger partial charge in [-0.25, -0.2) is 4.98 Å². The summed E-state index contributed by atoms with van der Waals surface area (Å²) in [6.45, 7) is 7.36. The molecule has 1 N–H and O–H groups in total. The number of likely N-dealkylation sites (tertiary alicyclic amines) is 1. The van der Waals surface area contributed by atoms with Gasteiger partial charge in [0, 0.05) is 24.3 Å². The summed E-state index contributed by atoms with van der Waals surface area (Å²) in [6.07, 6.45) is 4.63. The highest BCUT2D eigenvalue weighted by Gasteiger charge is 2.36. The lowest BCUT2D eigenvalue weighted by atomic mass is 9.83. The van der Waals surface area contributed by atoms with Crippen LogP contribution in [0.25, 0.3) is 0 Å². The molecule has 5 heteroatoms. The van der Waals surface area contributed by atoms with E-state index < -0.39 is 0 Å². The number of hydrogen-bond donors (Lipinski definition) is 1. The molecule has 2 heterocycles. The van der Waals surface area contributed by atoms with Gasteiger partial charge in [0.15, 0.2) is 0 Å². The molecule has 1 aliphatic carbocycles. The predicted molar refractivity (Wildman–Crippen MR) is 84.6 cm³/mol. The zero-order valence-electron chi connectivity index (χ0n) is 13.5. The van der Waals surface area contributed by atoms with E-state index in [1.54, 1.807) is 13.8 Å². The van der Waals surface area contributed by atoms with E-state index in [-0.39, 0.29) is 17.9 Å². The molecule has 5 nitrogen and oxygen atoms in total. The summed E-state index contributed by atoms with van der Waals surface area (Å²) in [7, 11) is 0. The molecule has 1 aromatic rings. The van der Waals surface area contributed by atoms with E-state index in [1.807, 2.05) is 4.90 Å². The van der Waals surface area contributed by atoms with Crippen LogP contribution in [0, 0.1) is 25.7 Å². The summed E-state index contributed by atoms with van der Waals surface area (Å²) in [4.78, 5) is 33.5. The van der Waals surface area contributed by atoms with E-state index in [2.05, 4.69) is 23.0 Å². The molecule has 2 atom stereocenters. The number of carbonyl (C=O) groups is 1. The molecule has 0 aromatic carbocycles. The van der Waals surface area contributed by atoms with Crippen molar-refractivity contribution in [2.24, 2.45) is 11.8 Å². The molecule has 1 aliphatic heterocycles. The van der Waals surface area contributed by atoms with Crippen LogP contribution < -0.4 is 5.56 Å². The average Bonchev–Trinajstić information content (AvgIpc) is 2.85. The molecule has 3 rings (SSSR count). The van der Waals surface area contributed by atoms with Crippen LogP contribution in [0.5, 0.6) is 0 Å². The van der Waals surface area contributed by atoms with Gasteiger partial charge in [0.25, 0.3) is 5.56 Å². The van der Waals surface area contributed by atoms with Crippen molar-refractivity contribution in [1.29, 1.82) is 0 Å². The number of rotatable bonds is 2. The molecule has 0 radical (unpaired) electrons. The Morgan fingerprint density at radius 1 is 1.32 bits per heavy atom. The van der Waals surface area contributed by atoms with E-state index in [4.69, 9.17) is 0 Å². The number of aromatic amines is 1. The number of H-pyrrole nitrogens is 1. The van der Waals surface area contributed by atoms with Crippen molar-refractivity contribution in [2.75, 3.05) is 13.1 Å². The minimum absolute atomic E-state index is 0.0475. The Bertz CT molecular complexity index is 690. The summed E-state index contributed by atoms with van der Waals surface area (Å²) < 4.78 is 0. The standard InChI is InChI=1S/C17H23N3O2/c1-10-4-5-13-8-20(9-14(13)6-10)16(21)7-15-11(2)18-12(3)19-17(15)22/h4,13-14H,5-9H2,1-3H3,(H,18,19,22)/t13-,14+/m1/s1. The lowest BCUT2D eigenvalue weighted by Crippen LogP contribution is -2.33. The largest absolute Gasteiger partial charge is 0.342 e. The van der Waals surface area contributed by atoms with Gasteiger partial charge in [-0.1, -0.05) is 11.6 Å². The van der Waals surface area contributed by atoms with E-state index in [0.29, 0.717) is 28.9 Å². The Morgan fingerprint density at radius 2 is 2.05 bits per heavy atom. The van der Waals surface area contributed by atoms with Crippen LogP contribution in [0.2, 0.25) is 0 Å². The highest BCUT2D eigenvalue weighted by Crippen LogP contribution is 2.35. The fourth-order valence-electron chi connectivity index (χ4n) is 3.71. The Morgan fingerprint density at radius 3 is 2.77 bits per heavy atom. The third kappa shape index (κ3) is 2.85. The number of aryl methyl sites for hydroxylation is 2. The minimum Gasteiger partial charge on any atom is -0.342 e. The van der Waals surface area contributed by atoms with Gasteiger partial charge in [-0.05, 0) is 45.4 Å². The van der Waals surface area contributed by atoms with Gasteiger partial charge >= 0.3 is 0 Å². The molecule has 22 heavy (non-hydrogen) atoms. The quantitative estimate of drug-likeness (QED) is 0.846. The number of nitrogens with zero attached hydrogens (tertiary/aromatic N) is 2. The smallest absolute Gasteiger partial charge is 0.254 e. The third-order valence-electron chi connectivity index (χ3n) is 4.95. The van der Waals surface area contributed by atoms with Crippen molar-refractivity contribution in [3.8, 4) is 0 Å². The molecule has 0 saturated carbocycles. The fraction of sp³-hybridized carbons (Fsp3) is 0.588. The lowest BCUT2D eigenvalue weighted by molar-refractivity contribution is -0.129. The van der Waals surface area contributed by atoms with Crippen molar-refractivity contribution in [3.05, 3.63) is 39.1 Å². The number of allylic oxidation sites excluding steroid dienone is 2. The molecule has 1 aromatic heterocycles. The van der Waals surface area contributed by atoms with Crippen molar-refractivity contribution in [2.45, 2.75) is 40.0 Å². The summed E-state index contributed by atoms with van der Waals surface area (Å²) in [6, 6.07) is 0. The van der Waals surface area contributed by atoms with Gasteiger partial charge in [-0.2, -0.15) is 0 Å².